The molecule has 0 N–H and O–H groups in total. The van der Waals surface area contributed by atoms with Crippen molar-refractivity contribution in [3.63, 3.8) is 0 Å². The molecule has 0 aliphatic carbocycles. The first-order valence-electron chi connectivity index (χ1n) is 7.25. The third-order valence-electron chi connectivity index (χ3n) is 3.95. The van der Waals surface area contributed by atoms with Gasteiger partial charge in [-0.05, 0) is 49.9 Å². The Morgan fingerprint density at radius 2 is 1.80 bits per heavy atom. The highest BCUT2D eigenvalue weighted by Gasteiger charge is 2.18. The van der Waals surface area contributed by atoms with Crippen molar-refractivity contribution in [2.24, 2.45) is 0 Å². The van der Waals surface area contributed by atoms with E-state index in [2.05, 4.69) is 46.8 Å². The molecule has 0 saturated carbocycles. The van der Waals surface area contributed by atoms with Crippen LogP contribution in [-0.4, -0.2) is 44.4 Å². The van der Waals surface area contributed by atoms with Crippen LogP contribution in [0.15, 0.2) is 16.6 Å². The van der Waals surface area contributed by atoms with Gasteiger partial charge in [0.2, 0.25) is 0 Å². The molecular formula is C16H24BrNO2. The lowest BCUT2D eigenvalue weighted by atomic mass is 10.1. The Hall–Kier alpha value is -0.580. The van der Waals surface area contributed by atoms with Crippen LogP contribution in [-0.2, 0) is 4.74 Å². The fraction of sp³-hybridized carbons (Fsp3) is 0.625. The molecule has 1 fully saturated rings. The van der Waals surface area contributed by atoms with Gasteiger partial charge < -0.3 is 9.47 Å². The number of rotatable bonds is 5. The van der Waals surface area contributed by atoms with Gasteiger partial charge in [0, 0.05) is 31.2 Å². The van der Waals surface area contributed by atoms with Crippen molar-refractivity contribution >= 4 is 15.9 Å². The molecule has 0 atom stereocenters. The Morgan fingerprint density at radius 3 is 2.35 bits per heavy atom. The number of hydrogen-bond donors (Lipinski definition) is 0. The van der Waals surface area contributed by atoms with E-state index < -0.39 is 0 Å². The number of nitrogens with zero attached hydrogens (tertiary/aromatic N) is 1. The standard InChI is InChI=1S/C16H24BrNO2/c1-12-10-15(11-13(2)16(12)17)20-9-8-18-6-4-14(19-3)5-7-18/h10-11,14H,4-9H2,1-3H3. The van der Waals surface area contributed by atoms with Crippen LogP contribution in [0.1, 0.15) is 24.0 Å². The van der Waals surface area contributed by atoms with E-state index >= 15 is 0 Å². The van der Waals surface area contributed by atoms with E-state index in [0.717, 1.165) is 44.8 Å². The summed E-state index contributed by atoms with van der Waals surface area (Å²) < 4.78 is 12.4. The van der Waals surface area contributed by atoms with E-state index in [1.54, 1.807) is 0 Å². The minimum Gasteiger partial charge on any atom is -0.492 e. The fourth-order valence-electron chi connectivity index (χ4n) is 2.65. The van der Waals surface area contributed by atoms with Crippen molar-refractivity contribution < 1.29 is 9.47 Å². The normalized spacial score (nSPS) is 17.4. The number of aryl methyl sites for hydroxylation is 2. The predicted octanol–water partition coefficient (Wildman–Crippen LogP) is 3.56. The molecule has 0 spiro atoms. The number of halogens is 1. The molecule has 20 heavy (non-hydrogen) atoms. The number of hydrogen-bond acceptors (Lipinski definition) is 3. The quantitative estimate of drug-likeness (QED) is 0.817. The highest BCUT2D eigenvalue weighted by molar-refractivity contribution is 9.10. The van der Waals surface area contributed by atoms with Crippen molar-refractivity contribution in [1.29, 1.82) is 0 Å². The lowest BCUT2D eigenvalue weighted by Crippen LogP contribution is -2.38. The molecule has 3 nitrogen and oxygen atoms in total. The molecule has 4 heteroatoms. The molecule has 1 aromatic rings. The molecule has 1 aliphatic rings. The smallest absolute Gasteiger partial charge is 0.119 e. The van der Waals surface area contributed by atoms with Gasteiger partial charge in [-0.25, -0.2) is 0 Å². The van der Waals surface area contributed by atoms with Crippen LogP contribution in [0.5, 0.6) is 5.75 Å². The van der Waals surface area contributed by atoms with Crippen molar-refractivity contribution in [2.45, 2.75) is 32.8 Å². The maximum Gasteiger partial charge on any atom is 0.119 e. The SMILES string of the molecule is COC1CCN(CCOc2cc(C)c(Br)c(C)c2)CC1. The minimum absolute atomic E-state index is 0.448. The van der Waals surface area contributed by atoms with Crippen LogP contribution in [0.4, 0.5) is 0 Å². The van der Waals surface area contributed by atoms with Gasteiger partial charge in [0.1, 0.15) is 12.4 Å². The molecule has 2 rings (SSSR count). The number of benzene rings is 1. The number of likely N-dealkylation sites (tertiary alicyclic amines) is 1. The Kier molecular flexibility index (Phi) is 5.87. The third-order valence-corrected chi connectivity index (χ3v) is 5.20. The van der Waals surface area contributed by atoms with Crippen molar-refractivity contribution in [3.8, 4) is 5.75 Å². The number of piperidine rings is 1. The van der Waals surface area contributed by atoms with E-state index in [9.17, 15) is 0 Å². The molecular weight excluding hydrogens is 318 g/mol. The lowest BCUT2D eigenvalue weighted by Gasteiger charge is -2.30. The van der Waals surface area contributed by atoms with E-state index in [1.165, 1.54) is 15.6 Å². The highest BCUT2D eigenvalue weighted by atomic mass is 79.9. The molecule has 0 unspecified atom stereocenters. The molecule has 0 bridgehead atoms. The number of methoxy groups -OCH3 is 1. The third kappa shape index (κ3) is 4.21. The summed E-state index contributed by atoms with van der Waals surface area (Å²) in [6.07, 6.45) is 2.71. The van der Waals surface area contributed by atoms with E-state index in [-0.39, 0.29) is 0 Å². The molecule has 1 aromatic carbocycles. The topological polar surface area (TPSA) is 21.7 Å². The summed E-state index contributed by atoms with van der Waals surface area (Å²) in [6.45, 7) is 8.15. The number of ether oxygens (including phenoxy) is 2. The van der Waals surface area contributed by atoms with E-state index in [0.29, 0.717) is 6.10 Å². The maximum atomic E-state index is 5.88. The van der Waals surface area contributed by atoms with Crippen molar-refractivity contribution in [2.75, 3.05) is 33.4 Å². The molecule has 1 aliphatic heterocycles. The first-order chi connectivity index (χ1) is 9.60. The molecule has 112 valence electrons. The Balaban J connectivity index is 1.76. The zero-order chi connectivity index (χ0) is 14.5. The summed E-state index contributed by atoms with van der Waals surface area (Å²) in [4.78, 5) is 2.45. The van der Waals surface area contributed by atoms with Crippen LogP contribution >= 0.6 is 15.9 Å². The van der Waals surface area contributed by atoms with Gasteiger partial charge in [-0.2, -0.15) is 0 Å². The average Bonchev–Trinajstić information content (AvgIpc) is 2.45. The van der Waals surface area contributed by atoms with Crippen LogP contribution < -0.4 is 4.74 Å². The van der Waals surface area contributed by atoms with Gasteiger partial charge in [0.05, 0.1) is 6.10 Å². The van der Waals surface area contributed by atoms with Gasteiger partial charge >= 0.3 is 0 Å². The maximum absolute atomic E-state index is 5.88. The average molecular weight is 342 g/mol. The summed E-state index contributed by atoms with van der Waals surface area (Å²) in [7, 11) is 1.81. The summed E-state index contributed by atoms with van der Waals surface area (Å²) in [6, 6.07) is 4.18. The second kappa shape index (κ2) is 7.43. The van der Waals surface area contributed by atoms with Crippen LogP contribution in [0.2, 0.25) is 0 Å². The first kappa shape index (κ1) is 15.8. The Labute approximate surface area is 130 Å². The minimum atomic E-state index is 0.448. The van der Waals surface area contributed by atoms with Crippen molar-refractivity contribution in [1.82, 2.24) is 4.90 Å². The predicted molar refractivity (Wildman–Crippen MR) is 85.6 cm³/mol. The molecule has 0 radical (unpaired) electrons. The fourth-order valence-corrected chi connectivity index (χ4v) is 2.88. The summed E-state index contributed by atoms with van der Waals surface area (Å²) in [5.41, 5.74) is 2.45. The van der Waals surface area contributed by atoms with Crippen molar-refractivity contribution in [3.05, 3.63) is 27.7 Å². The Morgan fingerprint density at radius 1 is 1.20 bits per heavy atom. The second-order valence-corrected chi connectivity index (χ2v) is 6.29. The van der Waals surface area contributed by atoms with Gasteiger partial charge in [-0.1, -0.05) is 15.9 Å². The molecule has 0 amide bonds. The van der Waals surface area contributed by atoms with Gasteiger partial charge in [-0.3, -0.25) is 4.90 Å². The molecule has 1 heterocycles. The zero-order valence-corrected chi connectivity index (χ0v) is 14.2. The highest BCUT2D eigenvalue weighted by Crippen LogP contribution is 2.26. The summed E-state index contributed by atoms with van der Waals surface area (Å²) in [5.74, 6) is 0.968. The second-order valence-electron chi connectivity index (χ2n) is 5.50. The lowest BCUT2D eigenvalue weighted by molar-refractivity contribution is 0.0375. The van der Waals surface area contributed by atoms with E-state index in [1.807, 2.05) is 7.11 Å². The summed E-state index contributed by atoms with van der Waals surface area (Å²) >= 11 is 3.58. The molecule has 1 saturated heterocycles. The molecule has 0 aromatic heterocycles. The summed E-state index contributed by atoms with van der Waals surface area (Å²) in [5, 5.41) is 0. The zero-order valence-electron chi connectivity index (χ0n) is 12.6. The first-order valence-corrected chi connectivity index (χ1v) is 8.04. The van der Waals surface area contributed by atoms with Crippen LogP contribution in [0, 0.1) is 13.8 Å². The van der Waals surface area contributed by atoms with E-state index in [4.69, 9.17) is 9.47 Å². The monoisotopic (exact) mass is 341 g/mol. The Bertz CT molecular complexity index is 419. The van der Waals surface area contributed by atoms with Gasteiger partial charge in [0.15, 0.2) is 0 Å². The van der Waals surface area contributed by atoms with Gasteiger partial charge in [0.25, 0.3) is 0 Å². The van der Waals surface area contributed by atoms with Gasteiger partial charge in [-0.15, -0.1) is 0 Å². The van der Waals surface area contributed by atoms with Crippen LogP contribution in [0.25, 0.3) is 0 Å². The van der Waals surface area contributed by atoms with Crippen LogP contribution in [0.3, 0.4) is 0 Å². The largest absolute Gasteiger partial charge is 0.492 e.